The summed E-state index contributed by atoms with van der Waals surface area (Å²) in [7, 11) is 1.87. The van der Waals surface area contributed by atoms with E-state index in [1.54, 1.807) is 23.0 Å². The highest BCUT2D eigenvalue weighted by molar-refractivity contribution is 7.18. The van der Waals surface area contributed by atoms with E-state index in [1.807, 2.05) is 35.0 Å². The van der Waals surface area contributed by atoms with E-state index in [0.717, 1.165) is 77.6 Å². The number of anilines is 2. The van der Waals surface area contributed by atoms with Gasteiger partial charge in [0, 0.05) is 71.3 Å². The fraction of sp³-hybridized carbons (Fsp3) is 0.360. The second-order valence-corrected chi connectivity index (χ2v) is 10.1. The number of nitrogens with one attached hydrogen (secondary N) is 2. The van der Waals surface area contributed by atoms with Gasteiger partial charge >= 0.3 is 6.03 Å². The lowest BCUT2D eigenvalue weighted by Gasteiger charge is -2.38. The van der Waals surface area contributed by atoms with Crippen molar-refractivity contribution >= 4 is 33.7 Å². The Hall–Kier alpha value is -4.28. The monoisotopic (exact) mass is 529 g/mol. The van der Waals surface area contributed by atoms with Crippen molar-refractivity contribution in [3.63, 3.8) is 0 Å². The van der Waals surface area contributed by atoms with E-state index < -0.39 is 0 Å². The summed E-state index contributed by atoms with van der Waals surface area (Å²) in [4.78, 5) is 23.6. The Morgan fingerprint density at radius 2 is 1.84 bits per heavy atom. The van der Waals surface area contributed by atoms with Crippen molar-refractivity contribution in [2.24, 2.45) is 0 Å². The highest BCUT2D eigenvalue weighted by atomic mass is 32.1. The third-order valence-corrected chi connectivity index (χ3v) is 7.94. The van der Waals surface area contributed by atoms with Gasteiger partial charge in [-0.3, -0.25) is 4.98 Å². The molecule has 2 saturated heterocycles. The summed E-state index contributed by atoms with van der Waals surface area (Å²) in [6, 6.07) is 9.89. The van der Waals surface area contributed by atoms with E-state index in [9.17, 15) is 4.79 Å². The molecule has 0 saturated carbocycles. The SMILES string of the molecule is CNc1cc(-c2ccc3cc(C#N)cnn23)ncc1-c1nnc(N2CCN(C(=O)N3CCNCC3)CC2)s1. The van der Waals surface area contributed by atoms with Gasteiger partial charge in [-0.25, -0.2) is 9.31 Å². The summed E-state index contributed by atoms with van der Waals surface area (Å²) in [6.07, 6.45) is 3.35. The Morgan fingerprint density at radius 3 is 2.61 bits per heavy atom. The van der Waals surface area contributed by atoms with Crippen molar-refractivity contribution in [1.82, 2.24) is 39.9 Å². The molecule has 13 heteroatoms. The number of urea groups is 1. The first kappa shape index (κ1) is 24.1. The number of carbonyl (C=O) groups is 1. The smallest absolute Gasteiger partial charge is 0.320 e. The first-order chi connectivity index (χ1) is 18.6. The molecule has 2 aliphatic heterocycles. The van der Waals surface area contributed by atoms with Gasteiger partial charge in [0.25, 0.3) is 0 Å². The number of hydrogen-bond donors (Lipinski definition) is 2. The summed E-state index contributed by atoms with van der Waals surface area (Å²) in [6.45, 7) is 6.03. The minimum Gasteiger partial charge on any atom is -0.387 e. The van der Waals surface area contributed by atoms with Crippen LogP contribution in [-0.4, -0.2) is 100 Å². The molecule has 2 amide bonds. The van der Waals surface area contributed by atoms with Crippen LogP contribution < -0.4 is 15.5 Å². The molecule has 0 bridgehead atoms. The molecular formula is C25H27N11OS. The van der Waals surface area contributed by atoms with Crippen LogP contribution in [0.25, 0.3) is 27.5 Å². The summed E-state index contributed by atoms with van der Waals surface area (Å²) in [5.74, 6) is 0. The fourth-order valence-electron chi connectivity index (χ4n) is 4.82. The minimum absolute atomic E-state index is 0.130. The van der Waals surface area contributed by atoms with Crippen LogP contribution >= 0.6 is 11.3 Å². The molecule has 4 aromatic heterocycles. The van der Waals surface area contributed by atoms with E-state index in [-0.39, 0.29) is 6.03 Å². The maximum Gasteiger partial charge on any atom is 0.320 e. The lowest BCUT2D eigenvalue weighted by atomic mass is 10.2. The van der Waals surface area contributed by atoms with E-state index in [4.69, 9.17) is 10.2 Å². The van der Waals surface area contributed by atoms with Crippen LogP contribution in [0.15, 0.2) is 36.7 Å². The predicted octanol–water partition coefficient (Wildman–Crippen LogP) is 1.98. The molecule has 0 atom stereocenters. The van der Waals surface area contributed by atoms with Crippen LogP contribution in [0, 0.1) is 11.3 Å². The Kier molecular flexibility index (Phi) is 6.48. The Bertz CT molecular complexity index is 1510. The molecule has 194 valence electrons. The average Bonchev–Trinajstić information content (AvgIpc) is 3.64. The van der Waals surface area contributed by atoms with E-state index in [0.29, 0.717) is 18.7 Å². The van der Waals surface area contributed by atoms with Gasteiger partial charge in [-0.15, -0.1) is 10.2 Å². The Balaban J connectivity index is 1.17. The second kappa shape index (κ2) is 10.2. The van der Waals surface area contributed by atoms with Gasteiger partial charge in [0.05, 0.1) is 34.2 Å². The molecule has 2 fully saturated rings. The van der Waals surface area contributed by atoms with Gasteiger partial charge in [0.15, 0.2) is 5.01 Å². The van der Waals surface area contributed by atoms with Crippen LogP contribution in [0.1, 0.15) is 5.56 Å². The third-order valence-electron chi connectivity index (χ3n) is 6.92. The summed E-state index contributed by atoms with van der Waals surface area (Å²) >= 11 is 1.52. The maximum absolute atomic E-state index is 12.8. The minimum atomic E-state index is 0.130. The molecule has 4 aromatic rings. The van der Waals surface area contributed by atoms with Crippen molar-refractivity contribution in [3.05, 3.63) is 42.2 Å². The number of rotatable bonds is 4. The average molecular weight is 530 g/mol. The molecule has 0 unspecified atom stereocenters. The quantitative estimate of drug-likeness (QED) is 0.407. The molecular weight excluding hydrogens is 502 g/mol. The van der Waals surface area contributed by atoms with Crippen LogP contribution in [-0.2, 0) is 0 Å². The molecule has 2 aliphatic rings. The number of piperazine rings is 2. The lowest BCUT2D eigenvalue weighted by Crippen LogP contribution is -2.56. The fourth-order valence-corrected chi connectivity index (χ4v) is 5.74. The molecule has 6 rings (SSSR count). The van der Waals surface area contributed by atoms with Gasteiger partial charge in [0.2, 0.25) is 5.13 Å². The Labute approximate surface area is 223 Å². The van der Waals surface area contributed by atoms with Crippen molar-refractivity contribution < 1.29 is 4.79 Å². The number of aromatic nitrogens is 5. The summed E-state index contributed by atoms with van der Waals surface area (Å²) in [5, 5.41) is 30.6. The number of nitriles is 1. The highest BCUT2D eigenvalue weighted by Crippen LogP contribution is 2.35. The van der Waals surface area contributed by atoms with E-state index in [1.165, 1.54) is 11.3 Å². The van der Waals surface area contributed by atoms with Crippen LogP contribution in [0.5, 0.6) is 0 Å². The normalized spacial score (nSPS) is 16.1. The van der Waals surface area contributed by atoms with Crippen LogP contribution in [0.4, 0.5) is 15.6 Å². The third kappa shape index (κ3) is 4.48. The standard InChI is InChI=1S/C25H27N11OS/c1-27-20-13-21(22-3-2-18-12-17(14-26)15-30-36(18)22)29-16-19(20)23-31-32-24(38-23)33-8-10-35(11-9-33)25(37)34-6-4-28-5-7-34/h2-3,12-13,15-16,28H,4-11H2,1H3,(H,27,29). The van der Waals surface area contributed by atoms with E-state index >= 15 is 0 Å². The predicted molar refractivity (Wildman–Crippen MR) is 145 cm³/mol. The zero-order valence-electron chi connectivity index (χ0n) is 21.0. The van der Waals surface area contributed by atoms with E-state index in [2.05, 4.69) is 36.9 Å². The van der Waals surface area contributed by atoms with Crippen molar-refractivity contribution in [2.75, 3.05) is 69.6 Å². The van der Waals surface area contributed by atoms with Crippen molar-refractivity contribution in [3.8, 4) is 28.0 Å². The second-order valence-electron chi connectivity index (χ2n) is 9.16. The first-order valence-electron chi connectivity index (χ1n) is 12.5. The molecule has 0 spiro atoms. The number of carbonyl (C=O) groups excluding carboxylic acids is 1. The number of nitrogens with zero attached hydrogens (tertiary/aromatic N) is 9. The number of hydrogen-bond acceptors (Lipinski definition) is 10. The first-order valence-corrected chi connectivity index (χ1v) is 13.4. The molecule has 2 N–H and O–H groups in total. The molecule has 0 radical (unpaired) electrons. The van der Waals surface area contributed by atoms with Crippen molar-refractivity contribution in [1.29, 1.82) is 5.26 Å². The topological polar surface area (TPSA) is 131 Å². The molecule has 12 nitrogen and oxygen atoms in total. The zero-order valence-corrected chi connectivity index (χ0v) is 21.8. The van der Waals surface area contributed by atoms with Crippen LogP contribution in [0.2, 0.25) is 0 Å². The van der Waals surface area contributed by atoms with Gasteiger partial charge < -0.3 is 25.3 Å². The van der Waals surface area contributed by atoms with Gasteiger partial charge in [0.1, 0.15) is 6.07 Å². The highest BCUT2D eigenvalue weighted by Gasteiger charge is 2.27. The molecule has 38 heavy (non-hydrogen) atoms. The zero-order chi connectivity index (χ0) is 26.1. The largest absolute Gasteiger partial charge is 0.387 e. The van der Waals surface area contributed by atoms with Gasteiger partial charge in [-0.1, -0.05) is 11.3 Å². The summed E-state index contributed by atoms with van der Waals surface area (Å²) < 4.78 is 1.78. The Morgan fingerprint density at radius 1 is 1.05 bits per heavy atom. The molecule has 6 heterocycles. The number of pyridine rings is 1. The molecule has 0 aliphatic carbocycles. The van der Waals surface area contributed by atoms with Gasteiger partial charge in [-0.05, 0) is 24.3 Å². The van der Waals surface area contributed by atoms with Crippen molar-refractivity contribution in [2.45, 2.75) is 0 Å². The number of fused-ring (bicyclic) bond motifs is 1. The maximum atomic E-state index is 12.8. The van der Waals surface area contributed by atoms with Crippen LogP contribution in [0.3, 0.4) is 0 Å². The summed E-state index contributed by atoms with van der Waals surface area (Å²) in [5.41, 5.74) is 4.69. The van der Waals surface area contributed by atoms with Gasteiger partial charge in [-0.2, -0.15) is 10.4 Å². The lowest BCUT2D eigenvalue weighted by molar-refractivity contribution is 0.144. The number of amides is 2. The molecule has 0 aromatic carbocycles.